The second kappa shape index (κ2) is 11.9. The van der Waals surface area contributed by atoms with E-state index < -0.39 is 0 Å². The van der Waals surface area contributed by atoms with Gasteiger partial charge in [0.25, 0.3) is 0 Å². The highest BCUT2D eigenvalue weighted by Crippen LogP contribution is 2.33. The Morgan fingerprint density at radius 2 is 1.83 bits per heavy atom. The van der Waals surface area contributed by atoms with Crippen LogP contribution in [0.25, 0.3) is 0 Å². The van der Waals surface area contributed by atoms with E-state index in [2.05, 4.69) is 16.7 Å². The van der Waals surface area contributed by atoms with Crippen LogP contribution in [-0.2, 0) is 17.8 Å². The van der Waals surface area contributed by atoms with Gasteiger partial charge in [-0.25, -0.2) is 0 Å². The summed E-state index contributed by atoms with van der Waals surface area (Å²) < 4.78 is 16.7. The third-order valence-electron chi connectivity index (χ3n) is 6.49. The molecule has 2 aliphatic rings. The number of anilines is 1. The van der Waals surface area contributed by atoms with Crippen LogP contribution in [0.15, 0.2) is 66.7 Å². The van der Waals surface area contributed by atoms with Crippen molar-refractivity contribution in [2.45, 2.75) is 44.4 Å². The number of nitrogens with one attached hydrogen (secondary N) is 2. The summed E-state index contributed by atoms with van der Waals surface area (Å²) in [6, 6.07) is 21.1. The number of Topliss-reactive ketones (excluding diaryl/α,β-unsaturated/α-hetero) is 1. The highest BCUT2D eigenvalue weighted by Gasteiger charge is 2.30. The molecule has 1 saturated heterocycles. The van der Waals surface area contributed by atoms with Gasteiger partial charge in [-0.05, 0) is 67.1 Å². The van der Waals surface area contributed by atoms with Gasteiger partial charge < -0.3 is 24.8 Å². The number of fused-ring (bicyclic) bond motifs is 1. The number of hydrogen-bond donors (Lipinski definition) is 2. The molecule has 0 aliphatic carbocycles. The van der Waals surface area contributed by atoms with Crippen molar-refractivity contribution < 1.29 is 23.8 Å². The maximum absolute atomic E-state index is 13.2. The Morgan fingerprint density at radius 1 is 1.00 bits per heavy atom. The minimum atomic E-state index is -0.239. The lowest BCUT2D eigenvalue weighted by molar-refractivity contribution is -0.105. The summed E-state index contributed by atoms with van der Waals surface area (Å²) in [5.41, 5.74) is 3.25. The predicted octanol–water partition coefficient (Wildman–Crippen LogP) is 4.92. The van der Waals surface area contributed by atoms with Crippen LogP contribution in [-0.4, -0.2) is 31.1 Å². The van der Waals surface area contributed by atoms with Crippen molar-refractivity contribution in [3.05, 3.63) is 83.4 Å². The molecule has 0 spiro atoms. The van der Waals surface area contributed by atoms with E-state index in [0.717, 1.165) is 42.7 Å². The first-order chi connectivity index (χ1) is 17.2. The van der Waals surface area contributed by atoms with Gasteiger partial charge in [0.1, 0.15) is 12.4 Å². The van der Waals surface area contributed by atoms with Gasteiger partial charge in [0.2, 0.25) is 13.2 Å². The molecule has 0 saturated carbocycles. The zero-order valence-electron chi connectivity index (χ0n) is 19.8. The molecule has 2 atom stereocenters. The van der Waals surface area contributed by atoms with Crippen molar-refractivity contribution in [3.8, 4) is 17.2 Å². The van der Waals surface area contributed by atoms with Gasteiger partial charge in [-0.2, -0.15) is 0 Å². The van der Waals surface area contributed by atoms with E-state index in [1.165, 1.54) is 5.56 Å². The summed E-state index contributed by atoms with van der Waals surface area (Å²) in [5, 5.41) is 6.16. The molecule has 36 heavy (non-hydrogen) atoms. The molecule has 0 bridgehead atoms. The highest BCUT2D eigenvalue weighted by atomic mass is 35.5. The molecule has 0 radical (unpaired) electrons. The van der Waals surface area contributed by atoms with Gasteiger partial charge >= 0.3 is 0 Å². The Bertz CT molecular complexity index is 1200. The first kappa shape index (κ1) is 25.5. The van der Waals surface area contributed by atoms with Crippen LogP contribution >= 0.6 is 12.4 Å². The zero-order chi connectivity index (χ0) is 24.0. The standard InChI is InChI=1S/C28H28N2O5.ClH/c31-17-29-24-15-21(8-13-25(24)33-16-20-4-2-1-3-5-20)28(32)23-11-10-22(30-23)9-6-19-7-12-26-27(14-19)35-18-34-26;/h1-5,7-8,12-15,17,22-23,30H,6,9-11,16,18H2,(H,29,31);1H. The van der Waals surface area contributed by atoms with Gasteiger partial charge in [-0.3, -0.25) is 9.59 Å². The van der Waals surface area contributed by atoms with Gasteiger partial charge in [-0.15, -0.1) is 12.4 Å². The Morgan fingerprint density at radius 3 is 2.67 bits per heavy atom. The van der Waals surface area contributed by atoms with E-state index in [0.29, 0.717) is 30.0 Å². The van der Waals surface area contributed by atoms with Crippen molar-refractivity contribution in [1.29, 1.82) is 0 Å². The summed E-state index contributed by atoms with van der Waals surface area (Å²) in [6.07, 6.45) is 4.16. The molecule has 2 aliphatic heterocycles. The predicted molar refractivity (Wildman–Crippen MR) is 139 cm³/mol. The quantitative estimate of drug-likeness (QED) is 0.298. The second-order valence-electron chi connectivity index (χ2n) is 8.83. The van der Waals surface area contributed by atoms with Crippen LogP contribution in [0.2, 0.25) is 0 Å². The fourth-order valence-corrected chi connectivity index (χ4v) is 4.61. The second-order valence-corrected chi connectivity index (χ2v) is 8.83. The first-order valence-corrected chi connectivity index (χ1v) is 11.9. The van der Waals surface area contributed by atoms with Crippen molar-refractivity contribution in [2.24, 2.45) is 0 Å². The zero-order valence-corrected chi connectivity index (χ0v) is 20.6. The molecule has 0 aromatic heterocycles. The van der Waals surface area contributed by atoms with Crippen LogP contribution in [0.1, 0.15) is 40.7 Å². The summed E-state index contributed by atoms with van der Waals surface area (Å²) >= 11 is 0. The normalized spacial score (nSPS) is 17.8. The molecule has 5 rings (SSSR count). The topological polar surface area (TPSA) is 85.9 Å². The summed E-state index contributed by atoms with van der Waals surface area (Å²) in [5.74, 6) is 2.14. The number of hydrogen-bond acceptors (Lipinski definition) is 6. The van der Waals surface area contributed by atoms with Gasteiger partial charge in [0.15, 0.2) is 17.3 Å². The molecule has 2 unspecified atom stereocenters. The lowest BCUT2D eigenvalue weighted by Crippen LogP contribution is -2.35. The van der Waals surface area contributed by atoms with Crippen LogP contribution in [0.3, 0.4) is 0 Å². The maximum Gasteiger partial charge on any atom is 0.231 e. The number of rotatable bonds is 10. The lowest BCUT2D eigenvalue weighted by atomic mass is 10.0. The minimum absolute atomic E-state index is 0. The number of halogens is 1. The van der Waals surface area contributed by atoms with E-state index in [9.17, 15) is 9.59 Å². The summed E-state index contributed by atoms with van der Waals surface area (Å²) in [7, 11) is 0. The fourth-order valence-electron chi connectivity index (χ4n) is 4.61. The lowest BCUT2D eigenvalue weighted by Gasteiger charge is -2.16. The van der Waals surface area contributed by atoms with Gasteiger partial charge in [0.05, 0.1) is 11.7 Å². The molecule has 2 heterocycles. The van der Waals surface area contributed by atoms with E-state index in [-0.39, 0.29) is 37.1 Å². The number of benzene rings is 3. The van der Waals surface area contributed by atoms with Gasteiger partial charge in [0, 0.05) is 11.6 Å². The fraction of sp³-hybridized carbons (Fsp3) is 0.286. The van der Waals surface area contributed by atoms with E-state index in [1.807, 2.05) is 42.5 Å². The molecular formula is C28H29ClN2O5. The largest absolute Gasteiger partial charge is 0.487 e. The van der Waals surface area contributed by atoms with E-state index >= 15 is 0 Å². The Balaban J connectivity index is 0.00000304. The van der Waals surface area contributed by atoms with Crippen LogP contribution in [0.4, 0.5) is 5.69 Å². The SMILES string of the molecule is Cl.O=CNc1cc(C(=O)C2CCC(CCc3ccc4c(c3)OCO4)N2)ccc1OCc1ccccc1. The smallest absolute Gasteiger partial charge is 0.231 e. The van der Waals surface area contributed by atoms with Crippen molar-refractivity contribution >= 4 is 30.3 Å². The van der Waals surface area contributed by atoms with Crippen LogP contribution in [0.5, 0.6) is 17.2 Å². The van der Waals surface area contributed by atoms with Crippen LogP contribution in [0, 0.1) is 0 Å². The summed E-state index contributed by atoms with van der Waals surface area (Å²) in [4.78, 5) is 24.3. The van der Waals surface area contributed by atoms with E-state index in [1.54, 1.807) is 18.2 Å². The Hall–Kier alpha value is -3.55. The highest BCUT2D eigenvalue weighted by molar-refractivity contribution is 6.01. The van der Waals surface area contributed by atoms with Gasteiger partial charge in [-0.1, -0.05) is 36.4 Å². The molecule has 3 aromatic rings. The molecule has 8 heteroatoms. The summed E-state index contributed by atoms with van der Waals surface area (Å²) in [6.45, 7) is 0.647. The van der Waals surface area contributed by atoms with Crippen molar-refractivity contribution in [3.63, 3.8) is 0 Å². The molecule has 188 valence electrons. The average molecular weight is 509 g/mol. The molecule has 3 aromatic carbocycles. The first-order valence-electron chi connectivity index (χ1n) is 11.9. The molecular weight excluding hydrogens is 480 g/mol. The maximum atomic E-state index is 13.2. The van der Waals surface area contributed by atoms with Crippen molar-refractivity contribution in [1.82, 2.24) is 5.32 Å². The molecule has 2 N–H and O–H groups in total. The number of amides is 1. The third kappa shape index (κ3) is 5.98. The average Bonchev–Trinajstić information content (AvgIpc) is 3.56. The molecule has 7 nitrogen and oxygen atoms in total. The molecule has 1 fully saturated rings. The minimum Gasteiger partial charge on any atom is -0.487 e. The Labute approximate surface area is 216 Å². The Kier molecular flexibility index (Phi) is 8.46. The molecule has 1 amide bonds. The number of carbonyl (C=O) groups is 2. The van der Waals surface area contributed by atoms with E-state index in [4.69, 9.17) is 14.2 Å². The number of aryl methyl sites for hydroxylation is 1. The monoisotopic (exact) mass is 508 g/mol. The number of carbonyl (C=O) groups excluding carboxylic acids is 2. The third-order valence-corrected chi connectivity index (χ3v) is 6.49. The number of ketones is 1. The van der Waals surface area contributed by atoms with Crippen molar-refractivity contribution in [2.75, 3.05) is 12.1 Å². The van der Waals surface area contributed by atoms with Crippen LogP contribution < -0.4 is 24.8 Å². The number of ether oxygens (including phenoxy) is 3.